The lowest BCUT2D eigenvalue weighted by molar-refractivity contribution is -0.384. The lowest BCUT2D eigenvalue weighted by Crippen LogP contribution is -2.05. The van der Waals surface area contributed by atoms with Gasteiger partial charge in [-0.3, -0.25) is 14.9 Å². The molecule has 0 aliphatic carbocycles. The molecule has 0 atom stereocenters. The standard InChI is InChI=1S/C19H14N4O4/c1-11-16-18(20-10-21-19(16)24)17(22-11)14-9-12(23(25)26)7-8-15(14)27-13-5-3-2-4-6-13/h2-10,22H,1H3,(H,20,21,24). The van der Waals surface area contributed by atoms with Gasteiger partial charge in [0.1, 0.15) is 17.0 Å². The van der Waals surface area contributed by atoms with Crippen molar-refractivity contribution in [2.45, 2.75) is 6.92 Å². The third-order valence-corrected chi connectivity index (χ3v) is 4.19. The Bertz CT molecular complexity index is 1210. The van der Waals surface area contributed by atoms with E-state index in [2.05, 4.69) is 15.0 Å². The summed E-state index contributed by atoms with van der Waals surface area (Å²) in [6.07, 6.45) is 1.30. The summed E-state index contributed by atoms with van der Waals surface area (Å²) in [4.78, 5) is 32.8. The van der Waals surface area contributed by atoms with E-state index in [1.807, 2.05) is 18.2 Å². The number of nitrogens with zero attached hydrogens (tertiary/aromatic N) is 2. The molecule has 2 aromatic carbocycles. The van der Waals surface area contributed by atoms with E-state index in [9.17, 15) is 14.9 Å². The number of aromatic nitrogens is 3. The molecular weight excluding hydrogens is 348 g/mol. The number of aromatic amines is 2. The summed E-state index contributed by atoms with van der Waals surface area (Å²) in [5.74, 6) is 1.00. The molecule has 0 aliphatic rings. The number of fused-ring (bicyclic) bond motifs is 1. The SMILES string of the molecule is Cc1[nH]c(-c2cc([N+](=O)[O-])ccc2Oc2ccccc2)c2nc[nH]c(=O)c12. The van der Waals surface area contributed by atoms with Crippen molar-refractivity contribution in [3.05, 3.63) is 81.0 Å². The van der Waals surface area contributed by atoms with Gasteiger partial charge < -0.3 is 14.7 Å². The number of aryl methyl sites for hydroxylation is 1. The van der Waals surface area contributed by atoms with Gasteiger partial charge in [0.15, 0.2) is 0 Å². The molecule has 4 aromatic rings. The molecule has 0 saturated heterocycles. The Hall–Kier alpha value is -3.94. The van der Waals surface area contributed by atoms with Crippen LogP contribution in [0.25, 0.3) is 22.2 Å². The number of hydrogen-bond acceptors (Lipinski definition) is 5. The minimum atomic E-state index is -0.478. The lowest BCUT2D eigenvalue weighted by Gasteiger charge is -2.10. The Morgan fingerprint density at radius 3 is 2.67 bits per heavy atom. The first-order valence-corrected chi connectivity index (χ1v) is 8.12. The molecule has 134 valence electrons. The first-order valence-electron chi connectivity index (χ1n) is 8.12. The van der Waals surface area contributed by atoms with Crippen molar-refractivity contribution in [3.63, 3.8) is 0 Å². The van der Waals surface area contributed by atoms with Crippen molar-refractivity contribution in [1.82, 2.24) is 15.0 Å². The van der Waals surface area contributed by atoms with Crippen LogP contribution in [0.5, 0.6) is 11.5 Å². The number of nitrogens with one attached hydrogen (secondary N) is 2. The fourth-order valence-corrected chi connectivity index (χ4v) is 2.97. The number of hydrogen-bond donors (Lipinski definition) is 2. The van der Waals surface area contributed by atoms with Crippen LogP contribution in [0.4, 0.5) is 5.69 Å². The van der Waals surface area contributed by atoms with Crippen molar-refractivity contribution in [2.75, 3.05) is 0 Å². The molecular formula is C19H14N4O4. The highest BCUT2D eigenvalue weighted by atomic mass is 16.6. The number of benzene rings is 2. The van der Waals surface area contributed by atoms with E-state index >= 15 is 0 Å². The number of non-ortho nitro benzene ring substituents is 1. The molecule has 0 fully saturated rings. The highest BCUT2D eigenvalue weighted by molar-refractivity contribution is 5.95. The molecule has 8 nitrogen and oxygen atoms in total. The maximum absolute atomic E-state index is 12.1. The zero-order chi connectivity index (χ0) is 19.0. The van der Waals surface area contributed by atoms with Crippen LogP contribution in [0.2, 0.25) is 0 Å². The summed E-state index contributed by atoms with van der Waals surface area (Å²) in [6.45, 7) is 1.75. The summed E-state index contributed by atoms with van der Waals surface area (Å²) >= 11 is 0. The zero-order valence-electron chi connectivity index (χ0n) is 14.2. The smallest absolute Gasteiger partial charge is 0.270 e. The van der Waals surface area contributed by atoms with Crippen LogP contribution in [-0.4, -0.2) is 19.9 Å². The lowest BCUT2D eigenvalue weighted by atomic mass is 10.1. The zero-order valence-corrected chi connectivity index (χ0v) is 14.2. The average Bonchev–Trinajstić information content (AvgIpc) is 3.00. The maximum atomic E-state index is 12.1. The fourth-order valence-electron chi connectivity index (χ4n) is 2.97. The largest absolute Gasteiger partial charge is 0.457 e. The molecule has 0 spiro atoms. The molecule has 4 rings (SSSR count). The minimum Gasteiger partial charge on any atom is -0.457 e. The van der Waals surface area contributed by atoms with Crippen LogP contribution in [0.15, 0.2) is 59.7 Å². The molecule has 0 bridgehead atoms. The van der Waals surface area contributed by atoms with Crippen molar-refractivity contribution in [2.24, 2.45) is 0 Å². The van der Waals surface area contributed by atoms with Gasteiger partial charge in [-0.15, -0.1) is 0 Å². The topological polar surface area (TPSA) is 114 Å². The van der Waals surface area contributed by atoms with Crippen molar-refractivity contribution >= 4 is 16.6 Å². The molecule has 2 N–H and O–H groups in total. The van der Waals surface area contributed by atoms with Crippen molar-refractivity contribution < 1.29 is 9.66 Å². The molecule has 2 heterocycles. The van der Waals surface area contributed by atoms with E-state index in [4.69, 9.17) is 4.74 Å². The van der Waals surface area contributed by atoms with Gasteiger partial charge in [0.2, 0.25) is 0 Å². The molecule has 2 aromatic heterocycles. The number of para-hydroxylation sites is 1. The summed E-state index contributed by atoms with van der Waals surface area (Å²) in [6, 6.07) is 13.4. The van der Waals surface area contributed by atoms with Crippen LogP contribution in [0, 0.1) is 17.0 Å². The van der Waals surface area contributed by atoms with Crippen LogP contribution in [-0.2, 0) is 0 Å². The number of H-pyrrole nitrogens is 2. The first kappa shape index (κ1) is 16.5. The van der Waals surface area contributed by atoms with E-state index in [1.165, 1.54) is 24.5 Å². The van der Waals surface area contributed by atoms with Gasteiger partial charge in [0.25, 0.3) is 11.2 Å². The monoisotopic (exact) mass is 362 g/mol. The van der Waals surface area contributed by atoms with Crippen LogP contribution >= 0.6 is 0 Å². The van der Waals surface area contributed by atoms with Gasteiger partial charge in [-0.25, -0.2) is 4.98 Å². The molecule has 27 heavy (non-hydrogen) atoms. The third kappa shape index (κ3) is 2.93. The number of nitro groups is 1. The normalized spacial score (nSPS) is 10.9. The van der Waals surface area contributed by atoms with E-state index < -0.39 is 4.92 Å². The Kier molecular flexibility index (Phi) is 3.92. The predicted octanol–water partition coefficient (Wildman–Crippen LogP) is 3.93. The van der Waals surface area contributed by atoms with E-state index in [0.29, 0.717) is 39.4 Å². The van der Waals surface area contributed by atoms with Gasteiger partial charge in [0.05, 0.1) is 22.3 Å². The minimum absolute atomic E-state index is 0.0874. The molecule has 0 amide bonds. The average molecular weight is 362 g/mol. The second-order valence-electron chi connectivity index (χ2n) is 5.93. The molecule has 8 heteroatoms. The highest BCUT2D eigenvalue weighted by Gasteiger charge is 2.20. The predicted molar refractivity (Wildman–Crippen MR) is 100 cm³/mol. The van der Waals surface area contributed by atoms with Gasteiger partial charge in [-0.05, 0) is 25.1 Å². The van der Waals surface area contributed by atoms with Gasteiger partial charge >= 0.3 is 0 Å². The number of nitro benzene ring substituents is 1. The summed E-state index contributed by atoms with van der Waals surface area (Å²) < 4.78 is 5.93. The van der Waals surface area contributed by atoms with Gasteiger partial charge in [-0.1, -0.05) is 18.2 Å². The fraction of sp³-hybridized carbons (Fsp3) is 0.0526. The maximum Gasteiger partial charge on any atom is 0.270 e. The Morgan fingerprint density at radius 2 is 1.93 bits per heavy atom. The summed E-state index contributed by atoms with van der Waals surface area (Å²) in [5, 5.41) is 11.7. The number of ether oxygens (including phenoxy) is 1. The Morgan fingerprint density at radius 1 is 1.15 bits per heavy atom. The number of rotatable bonds is 4. The van der Waals surface area contributed by atoms with Crippen LogP contribution in [0.3, 0.4) is 0 Å². The second-order valence-corrected chi connectivity index (χ2v) is 5.93. The summed E-state index contributed by atoms with van der Waals surface area (Å²) in [5.41, 5.74) is 1.61. The third-order valence-electron chi connectivity index (χ3n) is 4.19. The van der Waals surface area contributed by atoms with Crippen LogP contribution in [0.1, 0.15) is 5.69 Å². The second kappa shape index (κ2) is 6.41. The van der Waals surface area contributed by atoms with Gasteiger partial charge in [0, 0.05) is 23.4 Å². The molecule has 0 saturated carbocycles. The van der Waals surface area contributed by atoms with Crippen molar-refractivity contribution in [3.8, 4) is 22.8 Å². The first-order chi connectivity index (χ1) is 13.0. The summed E-state index contributed by atoms with van der Waals surface area (Å²) in [7, 11) is 0. The Labute approximate surface area is 152 Å². The molecule has 0 radical (unpaired) electrons. The van der Waals surface area contributed by atoms with E-state index in [0.717, 1.165) is 0 Å². The van der Waals surface area contributed by atoms with E-state index in [1.54, 1.807) is 19.1 Å². The van der Waals surface area contributed by atoms with Crippen LogP contribution < -0.4 is 10.3 Å². The van der Waals surface area contributed by atoms with Gasteiger partial charge in [-0.2, -0.15) is 0 Å². The molecule has 0 aliphatic heterocycles. The van der Waals surface area contributed by atoms with Crippen molar-refractivity contribution in [1.29, 1.82) is 0 Å². The Balaban J connectivity index is 1.96. The molecule has 0 unspecified atom stereocenters. The quantitative estimate of drug-likeness (QED) is 0.422. The highest BCUT2D eigenvalue weighted by Crippen LogP contribution is 2.38. The van der Waals surface area contributed by atoms with E-state index in [-0.39, 0.29) is 11.2 Å².